The molecule has 3 N–H and O–H groups in total. The number of thioether (sulfide) groups is 2. The van der Waals surface area contributed by atoms with Crippen molar-refractivity contribution in [3.05, 3.63) is 24.8 Å². The van der Waals surface area contributed by atoms with Crippen molar-refractivity contribution in [2.75, 3.05) is 37.7 Å². The van der Waals surface area contributed by atoms with Gasteiger partial charge in [0.05, 0.1) is 0 Å². The Labute approximate surface area is 212 Å². The summed E-state index contributed by atoms with van der Waals surface area (Å²) in [7, 11) is 0. The summed E-state index contributed by atoms with van der Waals surface area (Å²) in [6.45, 7) is 13.0. The van der Waals surface area contributed by atoms with Crippen LogP contribution >= 0.6 is 23.5 Å². The summed E-state index contributed by atoms with van der Waals surface area (Å²) in [5, 5.41) is 7.91. The quantitative estimate of drug-likeness (QED) is 0.259. The Morgan fingerprint density at radius 3 is 2.26 bits per heavy atom. The Hall–Kier alpha value is -1.94. The molecular weight excluding hydrogens is 474 g/mol. The van der Waals surface area contributed by atoms with Crippen LogP contribution in [-0.4, -0.2) is 60.1 Å². The normalized spacial score (nSPS) is 12.1. The van der Waals surface area contributed by atoms with Gasteiger partial charge in [-0.05, 0) is 24.2 Å². The average molecular weight is 516 g/mol. The van der Waals surface area contributed by atoms with Crippen LogP contribution in [0.25, 0.3) is 0 Å². The summed E-state index contributed by atoms with van der Waals surface area (Å²) < 4.78 is 5.07. The number of rotatable bonds is 16. The van der Waals surface area contributed by atoms with Crippen LogP contribution in [0.5, 0.6) is 0 Å². The number of allylic oxidation sites excluding steroid dienone is 1. The number of carbonyl (C=O) groups is 4. The Morgan fingerprint density at radius 1 is 0.971 bits per heavy atom. The van der Waals surface area contributed by atoms with E-state index in [0.717, 1.165) is 24.3 Å². The van der Waals surface area contributed by atoms with Gasteiger partial charge < -0.3 is 20.7 Å². The van der Waals surface area contributed by atoms with Gasteiger partial charge in [0.2, 0.25) is 0 Å². The largest absolute Gasteiger partial charge is 0.445 e. The van der Waals surface area contributed by atoms with Gasteiger partial charge in [-0.3, -0.25) is 9.59 Å². The molecule has 0 aliphatic carbocycles. The molecule has 0 fully saturated rings. The van der Waals surface area contributed by atoms with E-state index in [2.05, 4.69) is 50.2 Å². The van der Waals surface area contributed by atoms with E-state index in [1.807, 2.05) is 6.08 Å². The maximum absolute atomic E-state index is 11.9. The van der Waals surface area contributed by atoms with Crippen LogP contribution in [0, 0.1) is 11.3 Å². The number of hydrogen-bond acceptors (Lipinski definition) is 7. The van der Waals surface area contributed by atoms with Crippen LogP contribution < -0.4 is 16.0 Å². The van der Waals surface area contributed by atoms with Gasteiger partial charge in [0.25, 0.3) is 0 Å². The maximum Gasteiger partial charge on any atom is 0.407 e. The molecule has 0 rings (SSSR count). The van der Waals surface area contributed by atoms with Crippen molar-refractivity contribution in [3.63, 3.8) is 0 Å². The van der Waals surface area contributed by atoms with Crippen LogP contribution in [0.2, 0.25) is 0 Å². The lowest BCUT2D eigenvalue weighted by Crippen LogP contribution is -2.36. The van der Waals surface area contributed by atoms with Crippen LogP contribution in [0.4, 0.5) is 9.59 Å². The van der Waals surface area contributed by atoms with Crippen LogP contribution in [0.15, 0.2) is 24.8 Å². The van der Waals surface area contributed by atoms with Gasteiger partial charge in [-0.2, -0.15) is 0 Å². The number of alkyl carbamates (subject to hydrolysis) is 1. The van der Waals surface area contributed by atoms with Crippen molar-refractivity contribution < 1.29 is 23.9 Å². The molecule has 0 aliphatic rings. The highest BCUT2D eigenvalue weighted by Gasteiger charge is 2.13. The lowest BCUT2D eigenvalue weighted by molar-refractivity contribution is -0.111. The summed E-state index contributed by atoms with van der Waals surface area (Å²) in [6.07, 6.45) is 7.09. The third-order valence-electron chi connectivity index (χ3n) is 4.18. The molecule has 0 aliphatic heterocycles. The molecule has 0 saturated heterocycles. The SMILES string of the molecule is C=CCNC(=O)NCCC(=O)SCCC(C)C/C=C/COC(=O)NCCC(=O)SCC(C)(C)C. The fourth-order valence-electron chi connectivity index (χ4n) is 2.28. The Morgan fingerprint density at radius 2 is 1.62 bits per heavy atom. The number of ether oxygens (including phenoxy) is 1. The van der Waals surface area contributed by atoms with Crippen molar-refractivity contribution in [3.8, 4) is 0 Å². The topological polar surface area (TPSA) is 114 Å². The predicted octanol–water partition coefficient (Wildman–Crippen LogP) is 4.52. The molecule has 0 saturated carbocycles. The summed E-state index contributed by atoms with van der Waals surface area (Å²) in [4.78, 5) is 46.6. The number of nitrogens with one attached hydrogen (secondary N) is 3. The summed E-state index contributed by atoms with van der Waals surface area (Å²) in [5.41, 5.74) is 0.0935. The first-order valence-electron chi connectivity index (χ1n) is 11.5. The van der Waals surface area contributed by atoms with Gasteiger partial charge in [0, 0.05) is 44.0 Å². The lowest BCUT2D eigenvalue weighted by atomic mass is 10.0. The highest BCUT2D eigenvalue weighted by molar-refractivity contribution is 8.13. The molecule has 0 spiro atoms. The average Bonchev–Trinajstić information content (AvgIpc) is 2.75. The van der Waals surface area contributed by atoms with Gasteiger partial charge in [0.1, 0.15) is 6.61 Å². The van der Waals surface area contributed by atoms with Crippen molar-refractivity contribution in [1.82, 2.24) is 16.0 Å². The molecule has 0 bridgehead atoms. The molecule has 0 aromatic heterocycles. The second kappa shape index (κ2) is 19.4. The predicted molar refractivity (Wildman–Crippen MR) is 142 cm³/mol. The van der Waals surface area contributed by atoms with Gasteiger partial charge in [-0.15, -0.1) is 6.58 Å². The summed E-state index contributed by atoms with van der Waals surface area (Å²) in [5.74, 6) is 1.87. The van der Waals surface area contributed by atoms with Crippen LogP contribution in [0.1, 0.15) is 53.4 Å². The highest BCUT2D eigenvalue weighted by atomic mass is 32.2. The Kier molecular flexibility index (Phi) is 18.3. The minimum atomic E-state index is -0.533. The molecule has 10 heteroatoms. The first kappa shape index (κ1) is 32.1. The van der Waals surface area contributed by atoms with E-state index in [0.29, 0.717) is 25.4 Å². The minimum absolute atomic E-state index is 0.0562. The van der Waals surface area contributed by atoms with Crippen molar-refractivity contribution in [1.29, 1.82) is 0 Å². The molecule has 8 nitrogen and oxygen atoms in total. The fourth-order valence-corrected chi connectivity index (χ4v) is 4.11. The molecule has 0 heterocycles. The number of hydrogen-bond donors (Lipinski definition) is 3. The highest BCUT2D eigenvalue weighted by Crippen LogP contribution is 2.21. The molecule has 1 unspecified atom stereocenters. The van der Waals surface area contributed by atoms with Gasteiger partial charge in [0.15, 0.2) is 10.2 Å². The molecule has 0 aromatic rings. The lowest BCUT2D eigenvalue weighted by Gasteiger charge is -2.16. The molecule has 3 amide bonds. The Bertz CT molecular complexity index is 678. The first-order chi connectivity index (χ1) is 16.0. The van der Waals surface area contributed by atoms with E-state index in [4.69, 9.17) is 4.74 Å². The van der Waals surface area contributed by atoms with Crippen molar-refractivity contribution >= 4 is 45.9 Å². The fraction of sp³-hybridized carbons (Fsp3) is 0.667. The monoisotopic (exact) mass is 515 g/mol. The zero-order valence-electron chi connectivity index (χ0n) is 20.9. The second-order valence-electron chi connectivity index (χ2n) is 8.99. The molecule has 0 aromatic carbocycles. The number of carbonyl (C=O) groups excluding carboxylic acids is 4. The number of amides is 3. The summed E-state index contributed by atoms with van der Waals surface area (Å²) in [6, 6.07) is -0.305. The summed E-state index contributed by atoms with van der Waals surface area (Å²) >= 11 is 2.57. The third-order valence-corrected chi connectivity index (χ3v) is 6.68. The molecular formula is C24H41N3O5S2. The smallest absolute Gasteiger partial charge is 0.407 e. The molecule has 194 valence electrons. The van der Waals surface area contributed by atoms with Gasteiger partial charge >= 0.3 is 12.1 Å². The van der Waals surface area contributed by atoms with E-state index >= 15 is 0 Å². The zero-order chi connectivity index (χ0) is 25.8. The van der Waals surface area contributed by atoms with Crippen molar-refractivity contribution in [2.45, 2.75) is 53.4 Å². The van der Waals surface area contributed by atoms with E-state index in [1.54, 1.807) is 12.2 Å². The van der Waals surface area contributed by atoms with Gasteiger partial charge in [-0.1, -0.05) is 69.4 Å². The molecule has 0 radical (unpaired) electrons. The van der Waals surface area contributed by atoms with Crippen molar-refractivity contribution in [2.24, 2.45) is 11.3 Å². The van der Waals surface area contributed by atoms with E-state index in [1.165, 1.54) is 23.5 Å². The first-order valence-corrected chi connectivity index (χ1v) is 13.5. The van der Waals surface area contributed by atoms with E-state index in [9.17, 15) is 19.2 Å². The van der Waals surface area contributed by atoms with E-state index in [-0.39, 0.29) is 41.2 Å². The molecule has 34 heavy (non-hydrogen) atoms. The zero-order valence-corrected chi connectivity index (χ0v) is 22.6. The standard InChI is InChI=1S/C24H41N3O5S2/c1-6-13-25-22(30)26-14-10-20(28)33-17-12-19(2)9-7-8-16-32-23(31)27-15-11-21(29)34-18-24(3,4)5/h6-8,19H,1,9-18H2,2-5H3,(H,27,31)(H2,25,26,30)/b8-7+. The Balaban J connectivity index is 3.73. The molecule has 1 atom stereocenters. The van der Waals surface area contributed by atoms with Gasteiger partial charge in [-0.25, -0.2) is 9.59 Å². The second-order valence-corrected chi connectivity index (χ2v) is 11.2. The minimum Gasteiger partial charge on any atom is -0.445 e. The third kappa shape index (κ3) is 21.9. The number of urea groups is 1. The van der Waals surface area contributed by atoms with E-state index < -0.39 is 6.09 Å². The van der Waals surface area contributed by atoms with Crippen LogP contribution in [-0.2, 0) is 14.3 Å². The van der Waals surface area contributed by atoms with Crippen LogP contribution in [0.3, 0.4) is 0 Å². The maximum atomic E-state index is 11.9.